The highest BCUT2D eigenvalue weighted by atomic mass is 35.5. The second-order valence-electron chi connectivity index (χ2n) is 5.93. The van der Waals surface area contributed by atoms with Crippen molar-refractivity contribution in [3.63, 3.8) is 0 Å². The number of hydrogen-bond donors (Lipinski definition) is 1. The zero-order valence-corrected chi connectivity index (χ0v) is 16.1. The van der Waals surface area contributed by atoms with Gasteiger partial charge < -0.3 is 14.8 Å². The van der Waals surface area contributed by atoms with Gasteiger partial charge in [-0.1, -0.05) is 11.6 Å². The van der Waals surface area contributed by atoms with Crippen molar-refractivity contribution < 1.29 is 22.7 Å². The van der Waals surface area contributed by atoms with Gasteiger partial charge in [0.05, 0.1) is 25.2 Å². The number of sulfonamides is 1. The summed E-state index contributed by atoms with van der Waals surface area (Å²) in [4.78, 5) is 12.5. The van der Waals surface area contributed by atoms with Gasteiger partial charge in [0, 0.05) is 18.2 Å². The quantitative estimate of drug-likeness (QED) is 0.767. The maximum absolute atomic E-state index is 12.5. The smallest absolute Gasteiger partial charge is 0.243 e. The molecule has 7 nitrogen and oxygen atoms in total. The van der Waals surface area contributed by atoms with Crippen LogP contribution in [0.25, 0.3) is 0 Å². The van der Waals surface area contributed by atoms with Crippen LogP contribution >= 0.6 is 11.6 Å². The molecule has 1 aromatic rings. The normalized spacial score (nSPS) is 18.6. The lowest BCUT2D eigenvalue weighted by Crippen LogP contribution is -2.49. The minimum Gasteiger partial charge on any atom is -0.495 e. The molecule has 2 atom stereocenters. The van der Waals surface area contributed by atoms with Crippen molar-refractivity contribution in [1.29, 1.82) is 0 Å². The number of carbonyl (C=O) groups excluding carboxylic acids is 1. The molecule has 0 radical (unpaired) electrons. The lowest BCUT2D eigenvalue weighted by molar-refractivity contribution is -0.122. The molecule has 0 bridgehead atoms. The molecule has 1 heterocycles. The molecule has 1 aromatic carbocycles. The number of benzene rings is 1. The van der Waals surface area contributed by atoms with E-state index in [-0.39, 0.29) is 11.8 Å². The SMILES string of the molecule is COc1ccc(Cl)cc1N([C@H](C)C(=O)NC[C@@H]1CCCO1)S(C)(=O)=O. The van der Waals surface area contributed by atoms with Crippen molar-refractivity contribution in [2.24, 2.45) is 0 Å². The van der Waals surface area contributed by atoms with E-state index in [2.05, 4.69) is 5.32 Å². The summed E-state index contributed by atoms with van der Waals surface area (Å²) in [6.45, 7) is 2.56. The molecular weight excluding hydrogens is 368 g/mol. The Bertz CT molecular complexity index is 719. The Morgan fingerprint density at radius 3 is 2.80 bits per heavy atom. The van der Waals surface area contributed by atoms with E-state index >= 15 is 0 Å². The first-order valence-electron chi connectivity index (χ1n) is 7.96. The van der Waals surface area contributed by atoms with Crippen molar-refractivity contribution in [3.05, 3.63) is 23.2 Å². The van der Waals surface area contributed by atoms with Crippen molar-refractivity contribution in [2.75, 3.05) is 30.8 Å². The lowest BCUT2D eigenvalue weighted by atomic mass is 10.2. The Balaban J connectivity index is 2.25. The van der Waals surface area contributed by atoms with Crippen LogP contribution in [0.5, 0.6) is 5.75 Å². The topological polar surface area (TPSA) is 84.9 Å². The second-order valence-corrected chi connectivity index (χ2v) is 8.23. The molecular formula is C16H23ClN2O5S. The van der Waals surface area contributed by atoms with Crippen LogP contribution in [-0.4, -0.2) is 53.0 Å². The molecule has 1 amide bonds. The van der Waals surface area contributed by atoms with Gasteiger partial charge in [0.2, 0.25) is 15.9 Å². The summed E-state index contributed by atoms with van der Waals surface area (Å²) in [7, 11) is -2.32. The molecule has 0 aliphatic carbocycles. The average Bonchev–Trinajstić information content (AvgIpc) is 3.05. The first-order chi connectivity index (χ1) is 11.7. The summed E-state index contributed by atoms with van der Waals surface area (Å²) in [6.07, 6.45) is 2.86. The minimum atomic E-state index is -3.75. The summed E-state index contributed by atoms with van der Waals surface area (Å²) in [5.41, 5.74) is 0.220. The molecule has 1 fully saturated rings. The van der Waals surface area contributed by atoms with Crippen LogP contribution in [0.3, 0.4) is 0 Å². The Morgan fingerprint density at radius 1 is 1.52 bits per heavy atom. The maximum atomic E-state index is 12.5. The number of ether oxygens (including phenoxy) is 2. The molecule has 1 aliphatic heterocycles. The van der Waals surface area contributed by atoms with Crippen LogP contribution in [0.4, 0.5) is 5.69 Å². The second kappa shape index (κ2) is 8.25. The van der Waals surface area contributed by atoms with E-state index in [1.807, 2.05) is 0 Å². The Kier molecular flexibility index (Phi) is 6.53. The summed E-state index contributed by atoms with van der Waals surface area (Å²) in [5.74, 6) is -0.100. The highest BCUT2D eigenvalue weighted by molar-refractivity contribution is 7.92. The van der Waals surface area contributed by atoms with Gasteiger partial charge in [0.15, 0.2) is 0 Å². The van der Waals surface area contributed by atoms with Crippen molar-refractivity contribution in [3.8, 4) is 5.75 Å². The molecule has 1 N–H and O–H groups in total. The van der Waals surface area contributed by atoms with E-state index in [1.54, 1.807) is 12.1 Å². The van der Waals surface area contributed by atoms with Crippen molar-refractivity contribution >= 4 is 33.2 Å². The Labute approximate surface area is 153 Å². The van der Waals surface area contributed by atoms with E-state index in [4.69, 9.17) is 21.1 Å². The summed E-state index contributed by atoms with van der Waals surface area (Å²) in [6, 6.07) is 3.65. The van der Waals surface area contributed by atoms with E-state index in [0.717, 1.165) is 23.4 Å². The third kappa shape index (κ3) is 4.99. The summed E-state index contributed by atoms with van der Waals surface area (Å²) in [5, 5.41) is 3.10. The van der Waals surface area contributed by atoms with Crippen LogP contribution in [0.2, 0.25) is 5.02 Å². The van der Waals surface area contributed by atoms with Crippen LogP contribution in [0.15, 0.2) is 18.2 Å². The lowest BCUT2D eigenvalue weighted by Gasteiger charge is -2.29. The molecule has 0 saturated carbocycles. The fourth-order valence-corrected chi connectivity index (χ4v) is 4.12. The third-order valence-electron chi connectivity index (χ3n) is 3.99. The molecule has 0 spiro atoms. The van der Waals surface area contributed by atoms with Crippen LogP contribution in [0, 0.1) is 0 Å². The van der Waals surface area contributed by atoms with Gasteiger partial charge in [-0.25, -0.2) is 8.42 Å². The highest BCUT2D eigenvalue weighted by Gasteiger charge is 2.32. The van der Waals surface area contributed by atoms with Gasteiger partial charge in [-0.2, -0.15) is 0 Å². The van der Waals surface area contributed by atoms with Crippen molar-refractivity contribution in [2.45, 2.75) is 31.9 Å². The van der Waals surface area contributed by atoms with E-state index in [9.17, 15) is 13.2 Å². The molecule has 140 valence electrons. The zero-order valence-electron chi connectivity index (χ0n) is 14.5. The summed E-state index contributed by atoms with van der Waals surface area (Å²) < 4.78 is 36.4. The molecule has 2 rings (SSSR count). The molecule has 1 saturated heterocycles. The number of nitrogens with zero attached hydrogens (tertiary/aromatic N) is 1. The van der Waals surface area contributed by atoms with Gasteiger partial charge in [-0.05, 0) is 38.0 Å². The standard InChI is InChI=1S/C16H23ClN2O5S/c1-11(16(20)18-10-13-5-4-8-24-13)19(25(3,21)22)14-9-12(17)6-7-15(14)23-2/h6-7,9,11,13H,4-5,8,10H2,1-3H3,(H,18,20)/t11-,13+/m1/s1. The van der Waals surface area contributed by atoms with Gasteiger partial charge in [-0.3, -0.25) is 9.10 Å². The number of carbonyl (C=O) groups is 1. The predicted octanol–water partition coefficient (Wildman–Crippen LogP) is 1.80. The number of rotatable bonds is 7. The minimum absolute atomic E-state index is 0.0245. The van der Waals surface area contributed by atoms with E-state index in [0.29, 0.717) is 23.9 Å². The van der Waals surface area contributed by atoms with Crippen LogP contribution < -0.4 is 14.4 Å². The Morgan fingerprint density at radius 2 is 2.24 bits per heavy atom. The fourth-order valence-electron chi connectivity index (χ4n) is 2.78. The van der Waals surface area contributed by atoms with E-state index < -0.39 is 22.0 Å². The predicted molar refractivity (Wildman–Crippen MR) is 96.8 cm³/mol. The molecule has 0 aromatic heterocycles. The number of hydrogen-bond acceptors (Lipinski definition) is 5. The van der Waals surface area contributed by atoms with Crippen LogP contribution in [0.1, 0.15) is 19.8 Å². The van der Waals surface area contributed by atoms with Gasteiger partial charge in [-0.15, -0.1) is 0 Å². The molecule has 1 aliphatic rings. The Hall–Kier alpha value is -1.51. The number of halogens is 1. The highest BCUT2D eigenvalue weighted by Crippen LogP contribution is 2.34. The zero-order chi connectivity index (χ0) is 18.6. The third-order valence-corrected chi connectivity index (χ3v) is 5.46. The summed E-state index contributed by atoms with van der Waals surface area (Å²) >= 11 is 6.01. The first-order valence-corrected chi connectivity index (χ1v) is 10.2. The number of nitrogens with one attached hydrogen (secondary N) is 1. The molecule has 0 unspecified atom stereocenters. The number of methoxy groups -OCH3 is 1. The monoisotopic (exact) mass is 390 g/mol. The van der Waals surface area contributed by atoms with Crippen LogP contribution in [-0.2, 0) is 19.6 Å². The van der Waals surface area contributed by atoms with E-state index in [1.165, 1.54) is 20.1 Å². The van der Waals surface area contributed by atoms with Gasteiger partial charge in [0.1, 0.15) is 11.8 Å². The number of anilines is 1. The molecule has 9 heteroatoms. The average molecular weight is 391 g/mol. The number of amides is 1. The van der Waals surface area contributed by atoms with Gasteiger partial charge in [0.25, 0.3) is 0 Å². The molecule has 25 heavy (non-hydrogen) atoms. The maximum Gasteiger partial charge on any atom is 0.243 e. The van der Waals surface area contributed by atoms with Crippen molar-refractivity contribution in [1.82, 2.24) is 5.32 Å². The van der Waals surface area contributed by atoms with Gasteiger partial charge >= 0.3 is 0 Å². The largest absolute Gasteiger partial charge is 0.495 e. The fraction of sp³-hybridized carbons (Fsp3) is 0.562. The first kappa shape index (κ1) is 19.8.